The smallest absolute Gasteiger partial charge is 0.191 e. The first-order valence-electron chi connectivity index (χ1n) is 11.0. The van der Waals surface area contributed by atoms with E-state index in [0.29, 0.717) is 6.04 Å². The number of rotatable bonds is 7. The molecule has 0 spiro atoms. The van der Waals surface area contributed by atoms with E-state index in [2.05, 4.69) is 54.5 Å². The quantitative estimate of drug-likeness (QED) is 0.332. The molecule has 2 saturated heterocycles. The van der Waals surface area contributed by atoms with Gasteiger partial charge in [0.05, 0.1) is 6.61 Å². The Balaban J connectivity index is 0.00000300. The van der Waals surface area contributed by atoms with Gasteiger partial charge in [-0.2, -0.15) is 0 Å². The molecule has 1 aromatic carbocycles. The number of piperidine rings is 1. The third-order valence-electron chi connectivity index (χ3n) is 5.76. The van der Waals surface area contributed by atoms with E-state index in [4.69, 9.17) is 9.73 Å². The molecule has 2 fully saturated rings. The molecule has 0 aromatic heterocycles. The summed E-state index contributed by atoms with van der Waals surface area (Å²) < 4.78 is 5.52. The summed E-state index contributed by atoms with van der Waals surface area (Å²) in [6, 6.07) is 7.29. The summed E-state index contributed by atoms with van der Waals surface area (Å²) in [4.78, 5) is 7.44. The molecule has 0 amide bonds. The van der Waals surface area contributed by atoms with Crippen LogP contribution in [0.25, 0.3) is 0 Å². The largest absolute Gasteiger partial charge is 0.381 e. The van der Waals surface area contributed by atoms with Gasteiger partial charge in [-0.25, -0.2) is 0 Å². The van der Waals surface area contributed by atoms with Gasteiger partial charge >= 0.3 is 0 Å². The minimum absolute atomic E-state index is 0. The number of nitrogens with one attached hydrogen (secondary N) is 2. The number of likely N-dealkylation sites (tertiary alicyclic amines) is 1. The maximum absolute atomic E-state index is 5.52. The number of benzene rings is 1. The zero-order valence-corrected chi connectivity index (χ0v) is 20.7. The lowest BCUT2D eigenvalue weighted by atomic mass is 10.0. The lowest BCUT2D eigenvalue weighted by Gasteiger charge is -2.34. The molecule has 1 aromatic rings. The van der Waals surface area contributed by atoms with Gasteiger partial charge in [-0.1, -0.05) is 29.3 Å². The number of aryl methyl sites for hydroxylation is 2. The molecule has 2 aliphatic rings. The highest BCUT2D eigenvalue weighted by Crippen LogP contribution is 2.17. The van der Waals surface area contributed by atoms with E-state index in [1.165, 1.54) is 55.6 Å². The molecule has 0 radical (unpaired) electrons. The van der Waals surface area contributed by atoms with Crippen molar-refractivity contribution in [1.29, 1.82) is 0 Å². The summed E-state index contributed by atoms with van der Waals surface area (Å²) in [5, 5.41) is 7.09. The van der Waals surface area contributed by atoms with Crippen LogP contribution in [0.4, 0.5) is 0 Å². The summed E-state index contributed by atoms with van der Waals surface area (Å²) in [6.45, 7) is 13.6. The molecule has 164 valence electrons. The van der Waals surface area contributed by atoms with E-state index in [1.807, 2.05) is 0 Å². The number of nitrogens with zero attached hydrogens (tertiary/aromatic N) is 2. The second kappa shape index (κ2) is 12.7. The lowest BCUT2D eigenvalue weighted by molar-refractivity contribution is 0.150. The standard InChI is InChI=1S/C23H38N4O.HI/c1-4-24-23(25-9-5-20-14-18(2)13-19(3)15-20)26-22-6-10-27(11-7-22)16-21-8-12-28-17-21;/h13-15,21-22H,4-12,16-17H2,1-3H3,(H2,24,25,26);1H. The zero-order chi connectivity index (χ0) is 19.8. The van der Waals surface area contributed by atoms with Gasteiger partial charge in [-0.05, 0) is 57.9 Å². The summed E-state index contributed by atoms with van der Waals surface area (Å²) in [5.41, 5.74) is 4.04. The minimum atomic E-state index is 0. The number of hydrogen-bond donors (Lipinski definition) is 2. The Bertz CT molecular complexity index is 618. The van der Waals surface area contributed by atoms with E-state index in [-0.39, 0.29) is 24.0 Å². The van der Waals surface area contributed by atoms with Crippen molar-refractivity contribution in [3.63, 3.8) is 0 Å². The predicted octanol–water partition coefficient (Wildman–Crippen LogP) is 3.52. The first-order valence-corrected chi connectivity index (χ1v) is 11.0. The first kappa shape index (κ1) is 24.4. The Morgan fingerprint density at radius 2 is 1.86 bits per heavy atom. The van der Waals surface area contributed by atoms with Crippen LogP contribution < -0.4 is 10.6 Å². The molecule has 2 N–H and O–H groups in total. The van der Waals surface area contributed by atoms with E-state index in [0.717, 1.165) is 44.6 Å². The second-order valence-electron chi connectivity index (χ2n) is 8.46. The molecule has 1 unspecified atom stereocenters. The second-order valence-corrected chi connectivity index (χ2v) is 8.46. The van der Waals surface area contributed by atoms with Gasteiger partial charge in [0.15, 0.2) is 5.96 Å². The predicted molar refractivity (Wildman–Crippen MR) is 133 cm³/mol. The van der Waals surface area contributed by atoms with Gasteiger partial charge in [0.1, 0.15) is 0 Å². The van der Waals surface area contributed by atoms with Crippen LogP contribution in [0.5, 0.6) is 0 Å². The molecule has 2 heterocycles. The van der Waals surface area contributed by atoms with E-state index in [1.54, 1.807) is 0 Å². The van der Waals surface area contributed by atoms with Crippen LogP contribution in [0.15, 0.2) is 23.2 Å². The number of hydrogen-bond acceptors (Lipinski definition) is 3. The molecule has 1 atom stereocenters. The number of ether oxygens (including phenoxy) is 1. The van der Waals surface area contributed by atoms with Crippen molar-refractivity contribution in [3.8, 4) is 0 Å². The summed E-state index contributed by atoms with van der Waals surface area (Å²) in [7, 11) is 0. The third-order valence-corrected chi connectivity index (χ3v) is 5.76. The Hall–Kier alpha value is -0.860. The summed E-state index contributed by atoms with van der Waals surface area (Å²) in [5.74, 6) is 1.71. The molecule has 6 heteroatoms. The molecule has 5 nitrogen and oxygen atoms in total. The van der Waals surface area contributed by atoms with Gasteiger partial charge in [0, 0.05) is 45.4 Å². The van der Waals surface area contributed by atoms with Crippen LogP contribution >= 0.6 is 24.0 Å². The van der Waals surface area contributed by atoms with Crippen molar-refractivity contribution < 1.29 is 4.74 Å². The number of guanidine groups is 1. The van der Waals surface area contributed by atoms with E-state index < -0.39 is 0 Å². The van der Waals surface area contributed by atoms with Crippen molar-refractivity contribution in [2.24, 2.45) is 10.9 Å². The lowest BCUT2D eigenvalue weighted by Crippen LogP contribution is -2.49. The summed E-state index contributed by atoms with van der Waals surface area (Å²) >= 11 is 0. The van der Waals surface area contributed by atoms with Crippen LogP contribution in [-0.4, -0.2) is 62.8 Å². The van der Waals surface area contributed by atoms with Gasteiger partial charge in [0.25, 0.3) is 0 Å². The van der Waals surface area contributed by atoms with Crippen molar-refractivity contribution in [3.05, 3.63) is 34.9 Å². The molecule has 2 aliphatic heterocycles. The van der Waals surface area contributed by atoms with Crippen LogP contribution in [0.1, 0.15) is 42.9 Å². The SMILES string of the molecule is CCNC(=NCCc1cc(C)cc(C)c1)NC1CCN(CC2CCOC2)CC1.I. The fourth-order valence-electron chi connectivity index (χ4n) is 4.38. The molecular formula is C23H39IN4O. The van der Waals surface area contributed by atoms with Crippen molar-refractivity contribution in [1.82, 2.24) is 15.5 Å². The van der Waals surface area contributed by atoms with Gasteiger partial charge < -0.3 is 20.3 Å². The normalized spacial score (nSPS) is 21.1. The van der Waals surface area contributed by atoms with Crippen LogP contribution in [-0.2, 0) is 11.2 Å². The van der Waals surface area contributed by atoms with Crippen LogP contribution in [0.3, 0.4) is 0 Å². The molecule has 0 bridgehead atoms. The van der Waals surface area contributed by atoms with Crippen LogP contribution in [0.2, 0.25) is 0 Å². The van der Waals surface area contributed by atoms with Crippen molar-refractivity contribution in [2.45, 2.75) is 52.5 Å². The van der Waals surface area contributed by atoms with Crippen molar-refractivity contribution >= 4 is 29.9 Å². The average Bonchev–Trinajstić information content (AvgIpc) is 3.16. The molecule has 0 aliphatic carbocycles. The minimum Gasteiger partial charge on any atom is -0.381 e. The fourth-order valence-corrected chi connectivity index (χ4v) is 4.38. The molecule has 0 saturated carbocycles. The van der Waals surface area contributed by atoms with Crippen LogP contribution in [0, 0.1) is 19.8 Å². The highest BCUT2D eigenvalue weighted by atomic mass is 127. The van der Waals surface area contributed by atoms with Crippen molar-refractivity contribution in [2.75, 3.05) is 45.9 Å². The Kier molecular flexibility index (Phi) is 10.7. The maximum atomic E-state index is 5.52. The highest BCUT2D eigenvalue weighted by molar-refractivity contribution is 14.0. The summed E-state index contributed by atoms with van der Waals surface area (Å²) in [6.07, 6.45) is 4.60. The van der Waals surface area contributed by atoms with Gasteiger partial charge in [0.2, 0.25) is 0 Å². The maximum Gasteiger partial charge on any atom is 0.191 e. The Morgan fingerprint density at radius 1 is 1.14 bits per heavy atom. The topological polar surface area (TPSA) is 48.9 Å². The Morgan fingerprint density at radius 3 is 2.48 bits per heavy atom. The zero-order valence-electron chi connectivity index (χ0n) is 18.4. The Labute approximate surface area is 194 Å². The monoisotopic (exact) mass is 514 g/mol. The van der Waals surface area contributed by atoms with Gasteiger partial charge in [-0.15, -0.1) is 24.0 Å². The number of halogens is 1. The average molecular weight is 514 g/mol. The van der Waals surface area contributed by atoms with E-state index >= 15 is 0 Å². The molecular weight excluding hydrogens is 475 g/mol. The number of aliphatic imine (C=N–C) groups is 1. The van der Waals surface area contributed by atoms with Gasteiger partial charge in [-0.3, -0.25) is 4.99 Å². The molecule has 3 rings (SSSR count). The van der Waals surface area contributed by atoms with E-state index in [9.17, 15) is 0 Å². The third kappa shape index (κ3) is 8.42. The highest BCUT2D eigenvalue weighted by Gasteiger charge is 2.24. The first-order chi connectivity index (χ1) is 13.6. The fraction of sp³-hybridized carbons (Fsp3) is 0.696. The molecule has 29 heavy (non-hydrogen) atoms.